The first kappa shape index (κ1) is 15.3. The summed E-state index contributed by atoms with van der Waals surface area (Å²) in [6.45, 7) is 0. The van der Waals surface area contributed by atoms with E-state index in [9.17, 15) is 14.0 Å². The van der Waals surface area contributed by atoms with E-state index in [1.54, 1.807) is 0 Å². The highest BCUT2D eigenvalue weighted by molar-refractivity contribution is 7.80. The molecule has 0 fully saturated rings. The molecule has 1 atom stereocenters. The van der Waals surface area contributed by atoms with Crippen LogP contribution in [0, 0.1) is 5.82 Å². The standard InChI is InChI=1S/C12H13FO5S/c13-8-4-3-7(11(14)15)6-10(8)18-9(12(16)17)2-1-5-19/h3-4,6,9,19H,1-2,5H2,(H,14,15)(H,16,17). The molecule has 0 saturated carbocycles. The van der Waals surface area contributed by atoms with Crippen LogP contribution in [-0.2, 0) is 4.79 Å². The van der Waals surface area contributed by atoms with Gasteiger partial charge in [-0.25, -0.2) is 14.0 Å². The monoisotopic (exact) mass is 288 g/mol. The second-order valence-corrected chi connectivity index (χ2v) is 4.21. The minimum absolute atomic E-state index is 0.162. The van der Waals surface area contributed by atoms with E-state index in [1.807, 2.05) is 0 Å². The molecule has 0 aromatic heterocycles. The Morgan fingerprint density at radius 2 is 2.05 bits per heavy atom. The molecule has 0 saturated heterocycles. The van der Waals surface area contributed by atoms with Crippen LogP contribution in [0.2, 0.25) is 0 Å². The van der Waals surface area contributed by atoms with E-state index in [2.05, 4.69) is 12.6 Å². The zero-order valence-corrected chi connectivity index (χ0v) is 10.8. The van der Waals surface area contributed by atoms with E-state index in [0.29, 0.717) is 12.2 Å². The Morgan fingerprint density at radius 3 is 2.58 bits per heavy atom. The third-order valence-electron chi connectivity index (χ3n) is 2.35. The molecule has 0 aliphatic rings. The highest BCUT2D eigenvalue weighted by Crippen LogP contribution is 2.21. The minimum Gasteiger partial charge on any atom is -0.479 e. The maximum Gasteiger partial charge on any atom is 0.344 e. The first-order valence-electron chi connectivity index (χ1n) is 5.49. The Kier molecular flexibility index (Phi) is 5.62. The van der Waals surface area contributed by atoms with Gasteiger partial charge in [-0.3, -0.25) is 0 Å². The average molecular weight is 288 g/mol. The molecule has 1 aromatic carbocycles. The van der Waals surface area contributed by atoms with E-state index in [4.69, 9.17) is 14.9 Å². The largest absolute Gasteiger partial charge is 0.479 e. The van der Waals surface area contributed by atoms with Crippen LogP contribution in [0.5, 0.6) is 5.75 Å². The fourth-order valence-corrected chi connectivity index (χ4v) is 1.57. The summed E-state index contributed by atoms with van der Waals surface area (Å²) in [5.74, 6) is -3.19. The molecule has 0 bridgehead atoms. The molecule has 1 rings (SSSR count). The molecular weight excluding hydrogens is 275 g/mol. The quantitative estimate of drug-likeness (QED) is 0.669. The highest BCUT2D eigenvalue weighted by Gasteiger charge is 2.21. The van der Waals surface area contributed by atoms with E-state index < -0.39 is 23.9 Å². The second-order valence-electron chi connectivity index (χ2n) is 3.76. The molecule has 2 N–H and O–H groups in total. The highest BCUT2D eigenvalue weighted by atomic mass is 32.1. The van der Waals surface area contributed by atoms with Crippen molar-refractivity contribution in [3.8, 4) is 5.75 Å². The molecule has 0 aliphatic carbocycles. The predicted molar refractivity (Wildman–Crippen MR) is 68.5 cm³/mol. The predicted octanol–water partition coefficient (Wildman–Crippen LogP) is 2.07. The summed E-state index contributed by atoms with van der Waals surface area (Å²) >= 11 is 3.95. The Labute approximate surface area is 114 Å². The summed E-state index contributed by atoms with van der Waals surface area (Å²) in [7, 11) is 0. The SMILES string of the molecule is O=C(O)c1ccc(F)c(OC(CCCS)C(=O)O)c1. The number of halogens is 1. The van der Waals surface area contributed by atoms with E-state index in [-0.39, 0.29) is 17.7 Å². The molecule has 7 heteroatoms. The summed E-state index contributed by atoms with van der Waals surface area (Å²) in [6.07, 6.45) is -0.582. The van der Waals surface area contributed by atoms with Crippen molar-refractivity contribution >= 4 is 24.6 Å². The number of aromatic carboxylic acids is 1. The zero-order chi connectivity index (χ0) is 14.4. The van der Waals surface area contributed by atoms with Gasteiger partial charge in [-0.2, -0.15) is 12.6 Å². The maximum absolute atomic E-state index is 13.5. The molecule has 0 radical (unpaired) electrons. The van der Waals surface area contributed by atoms with E-state index in [1.165, 1.54) is 0 Å². The first-order valence-corrected chi connectivity index (χ1v) is 6.12. The smallest absolute Gasteiger partial charge is 0.344 e. The molecule has 104 valence electrons. The lowest BCUT2D eigenvalue weighted by Gasteiger charge is -2.15. The molecule has 0 spiro atoms. The van der Waals surface area contributed by atoms with Gasteiger partial charge in [-0.1, -0.05) is 0 Å². The number of carboxylic acids is 2. The normalized spacial score (nSPS) is 11.9. The summed E-state index contributed by atoms with van der Waals surface area (Å²) in [5.41, 5.74) is -0.172. The van der Waals surface area contributed by atoms with E-state index in [0.717, 1.165) is 18.2 Å². The third-order valence-corrected chi connectivity index (χ3v) is 2.66. The van der Waals surface area contributed by atoms with Crippen molar-refractivity contribution in [2.75, 3.05) is 5.75 Å². The fraction of sp³-hybridized carbons (Fsp3) is 0.333. The average Bonchev–Trinajstić information content (AvgIpc) is 2.35. The van der Waals surface area contributed by atoms with Crippen molar-refractivity contribution in [3.63, 3.8) is 0 Å². The van der Waals surface area contributed by atoms with Crippen molar-refractivity contribution < 1.29 is 28.9 Å². The molecule has 0 amide bonds. The summed E-state index contributed by atoms with van der Waals surface area (Å²) < 4.78 is 18.5. The number of hydrogen-bond donors (Lipinski definition) is 3. The number of rotatable bonds is 7. The van der Waals surface area contributed by atoms with Crippen molar-refractivity contribution in [3.05, 3.63) is 29.6 Å². The number of ether oxygens (including phenoxy) is 1. The van der Waals surface area contributed by atoms with Gasteiger partial charge < -0.3 is 14.9 Å². The third kappa shape index (κ3) is 4.44. The van der Waals surface area contributed by atoms with Crippen LogP contribution < -0.4 is 4.74 Å². The number of carboxylic acid groups (broad SMARTS) is 2. The van der Waals surface area contributed by atoms with Crippen LogP contribution in [0.1, 0.15) is 23.2 Å². The Hall–Kier alpha value is -1.76. The number of carbonyl (C=O) groups is 2. The van der Waals surface area contributed by atoms with Gasteiger partial charge in [-0.15, -0.1) is 0 Å². The summed E-state index contributed by atoms with van der Waals surface area (Å²) in [4.78, 5) is 21.7. The van der Waals surface area contributed by atoms with Gasteiger partial charge in [-0.05, 0) is 36.8 Å². The lowest BCUT2D eigenvalue weighted by atomic mass is 10.2. The van der Waals surface area contributed by atoms with Crippen LogP contribution in [0.15, 0.2) is 18.2 Å². The molecular formula is C12H13FO5S. The van der Waals surface area contributed by atoms with Gasteiger partial charge in [0, 0.05) is 0 Å². The summed E-state index contributed by atoms with van der Waals surface area (Å²) in [5, 5.41) is 17.7. The van der Waals surface area contributed by atoms with Crippen LogP contribution >= 0.6 is 12.6 Å². The Balaban J connectivity index is 2.91. The fourth-order valence-electron chi connectivity index (χ4n) is 1.39. The van der Waals surface area contributed by atoms with Crippen molar-refractivity contribution in [1.82, 2.24) is 0 Å². The molecule has 0 aliphatic heterocycles. The van der Waals surface area contributed by atoms with Gasteiger partial charge in [0.15, 0.2) is 17.7 Å². The topological polar surface area (TPSA) is 83.8 Å². The van der Waals surface area contributed by atoms with Gasteiger partial charge in [0.05, 0.1) is 5.56 Å². The zero-order valence-electron chi connectivity index (χ0n) is 9.88. The first-order chi connectivity index (χ1) is 8.95. The lowest BCUT2D eigenvalue weighted by molar-refractivity contribution is -0.145. The van der Waals surface area contributed by atoms with Gasteiger partial charge >= 0.3 is 11.9 Å². The van der Waals surface area contributed by atoms with Crippen molar-refractivity contribution in [2.24, 2.45) is 0 Å². The Bertz CT molecular complexity index is 477. The molecule has 19 heavy (non-hydrogen) atoms. The number of aliphatic carboxylic acids is 1. The number of benzene rings is 1. The second kappa shape index (κ2) is 6.98. The van der Waals surface area contributed by atoms with Crippen LogP contribution in [-0.4, -0.2) is 34.0 Å². The molecule has 1 aromatic rings. The van der Waals surface area contributed by atoms with Gasteiger partial charge in [0.2, 0.25) is 0 Å². The van der Waals surface area contributed by atoms with Gasteiger partial charge in [0.25, 0.3) is 0 Å². The Morgan fingerprint density at radius 1 is 1.37 bits per heavy atom. The molecule has 0 heterocycles. The van der Waals surface area contributed by atoms with E-state index >= 15 is 0 Å². The van der Waals surface area contributed by atoms with Gasteiger partial charge in [0.1, 0.15) is 0 Å². The maximum atomic E-state index is 13.5. The van der Waals surface area contributed by atoms with Crippen LogP contribution in [0.4, 0.5) is 4.39 Å². The lowest BCUT2D eigenvalue weighted by Crippen LogP contribution is -2.27. The number of hydrogen-bond acceptors (Lipinski definition) is 4. The van der Waals surface area contributed by atoms with Crippen LogP contribution in [0.3, 0.4) is 0 Å². The molecule has 1 unspecified atom stereocenters. The van der Waals surface area contributed by atoms with Crippen molar-refractivity contribution in [2.45, 2.75) is 18.9 Å². The minimum atomic E-state index is -1.24. The van der Waals surface area contributed by atoms with Crippen LogP contribution in [0.25, 0.3) is 0 Å². The number of thiol groups is 1. The van der Waals surface area contributed by atoms with Crippen molar-refractivity contribution in [1.29, 1.82) is 0 Å². The molecule has 5 nitrogen and oxygen atoms in total. The summed E-state index contributed by atoms with van der Waals surface area (Å²) in [6, 6.07) is 2.97.